The summed E-state index contributed by atoms with van der Waals surface area (Å²) in [5.41, 5.74) is 1.13. The summed E-state index contributed by atoms with van der Waals surface area (Å²) in [4.78, 5) is 33.6. The summed E-state index contributed by atoms with van der Waals surface area (Å²) in [6.07, 6.45) is 2.90. The zero-order valence-corrected chi connectivity index (χ0v) is 13.8. The van der Waals surface area contributed by atoms with Crippen molar-refractivity contribution in [3.05, 3.63) is 80.9 Å². The van der Waals surface area contributed by atoms with Crippen molar-refractivity contribution in [1.82, 2.24) is 0 Å². The van der Waals surface area contributed by atoms with Gasteiger partial charge in [-0.05, 0) is 48.0 Å². The molecule has 0 aliphatic carbocycles. The van der Waals surface area contributed by atoms with Gasteiger partial charge in [-0.2, -0.15) is 0 Å². The summed E-state index contributed by atoms with van der Waals surface area (Å²) in [5.74, 6) is -0.977. The maximum atomic E-state index is 11.9. The average molecular weight is 360 g/mol. The molecular formula is C18H14ClNO5. The highest BCUT2D eigenvalue weighted by Gasteiger charge is 2.12. The minimum atomic E-state index is -0.631. The van der Waals surface area contributed by atoms with Gasteiger partial charge >= 0.3 is 5.97 Å². The fourth-order valence-electron chi connectivity index (χ4n) is 1.95. The largest absolute Gasteiger partial charge is 0.461 e. The number of hydrogen-bond donors (Lipinski definition) is 0. The van der Waals surface area contributed by atoms with Gasteiger partial charge in [-0.25, -0.2) is 0 Å². The molecule has 7 heteroatoms. The standard InChI is InChI=1S/C18H14ClNO5/c19-15-7-5-14(6-8-15)17(21)12-18(22)25-11-1-2-13-3-9-16(10-4-13)20(23)24/h1-10H,11-12H2/b2-1+. The third-order valence-corrected chi connectivity index (χ3v) is 3.48. The summed E-state index contributed by atoms with van der Waals surface area (Å²) in [5, 5.41) is 11.1. The molecule has 0 N–H and O–H groups in total. The van der Waals surface area contributed by atoms with Gasteiger partial charge in [0.2, 0.25) is 0 Å². The first-order valence-electron chi connectivity index (χ1n) is 7.31. The Bertz CT molecular complexity index is 797. The SMILES string of the molecule is O=C(CC(=O)c1ccc(Cl)cc1)OC/C=C/c1ccc([N+](=O)[O-])cc1. The van der Waals surface area contributed by atoms with Crippen LogP contribution in [-0.2, 0) is 9.53 Å². The molecule has 0 saturated heterocycles. The number of nitro benzene ring substituents is 1. The summed E-state index contributed by atoms with van der Waals surface area (Å²) < 4.78 is 4.96. The van der Waals surface area contributed by atoms with Gasteiger partial charge in [-0.15, -0.1) is 0 Å². The molecule has 128 valence electrons. The van der Waals surface area contributed by atoms with Crippen molar-refractivity contribution in [2.75, 3.05) is 6.61 Å². The Balaban J connectivity index is 1.78. The van der Waals surface area contributed by atoms with Crippen LogP contribution in [0.5, 0.6) is 0 Å². The molecule has 0 unspecified atom stereocenters. The molecule has 2 aromatic rings. The minimum Gasteiger partial charge on any atom is -0.461 e. The van der Waals surface area contributed by atoms with Crippen molar-refractivity contribution in [2.45, 2.75) is 6.42 Å². The number of esters is 1. The van der Waals surface area contributed by atoms with Gasteiger partial charge in [0.15, 0.2) is 5.78 Å². The lowest BCUT2D eigenvalue weighted by Crippen LogP contribution is -2.11. The highest BCUT2D eigenvalue weighted by Crippen LogP contribution is 2.13. The third-order valence-electron chi connectivity index (χ3n) is 3.23. The molecule has 25 heavy (non-hydrogen) atoms. The van der Waals surface area contributed by atoms with Crippen LogP contribution in [0.4, 0.5) is 5.69 Å². The lowest BCUT2D eigenvalue weighted by atomic mass is 10.1. The van der Waals surface area contributed by atoms with Crippen molar-refractivity contribution < 1.29 is 19.2 Å². The summed E-state index contributed by atoms with van der Waals surface area (Å²) in [6, 6.07) is 12.2. The maximum Gasteiger partial charge on any atom is 0.314 e. The van der Waals surface area contributed by atoms with Crippen molar-refractivity contribution in [2.24, 2.45) is 0 Å². The van der Waals surface area contributed by atoms with E-state index in [0.29, 0.717) is 10.6 Å². The van der Waals surface area contributed by atoms with E-state index in [0.717, 1.165) is 5.56 Å². The van der Waals surface area contributed by atoms with Gasteiger partial charge in [0, 0.05) is 22.7 Å². The van der Waals surface area contributed by atoms with Crippen molar-refractivity contribution in [3.8, 4) is 0 Å². The van der Waals surface area contributed by atoms with Crippen molar-refractivity contribution >= 4 is 35.1 Å². The number of hydrogen-bond acceptors (Lipinski definition) is 5. The van der Waals surface area contributed by atoms with Gasteiger partial charge in [0.25, 0.3) is 5.69 Å². The van der Waals surface area contributed by atoms with Crippen LogP contribution in [-0.4, -0.2) is 23.3 Å². The zero-order valence-electron chi connectivity index (χ0n) is 13.1. The van der Waals surface area contributed by atoms with E-state index >= 15 is 0 Å². The van der Waals surface area contributed by atoms with Crippen molar-refractivity contribution in [3.63, 3.8) is 0 Å². The normalized spacial score (nSPS) is 10.6. The second-order valence-corrected chi connectivity index (χ2v) is 5.48. The Hall–Kier alpha value is -2.99. The second kappa shape index (κ2) is 8.75. The van der Waals surface area contributed by atoms with Crippen LogP contribution in [0.3, 0.4) is 0 Å². The van der Waals surface area contributed by atoms with Crippen LogP contribution in [0.25, 0.3) is 6.08 Å². The highest BCUT2D eigenvalue weighted by molar-refractivity contribution is 6.30. The Kier molecular flexibility index (Phi) is 6.42. The van der Waals surface area contributed by atoms with E-state index in [-0.39, 0.29) is 24.5 Å². The predicted octanol–water partition coefficient (Wildman–Crippen LogP) is 4.08. The average Bonchev–Trinajstić information content (AvgIpc) is 2.59. The van der Waals surface area contributed by atoms with E-state index in [1.165, 1.54) is 12.1 Å². The monoisotopic (exact) mass is 359 g/mol. The van der Waals surface area contributed by atoms with E-state index in [2.05, 4.69) is 0 Å². The Morgan fingerprint density at radius 2 is 1.72 bits per heavy atom. The van der Waals surface area contributed by atoms with Crippen LogP contribution in [0, 0.1) is 10.1 Å². The summed E-state index contributed by atoms with van der Waals surface area (Å²) in [7, 11) is 0. The van der Waals surface area contributed by atoms with Crippen LogP contribution < -0.4 is 0 Å². The van der Waals surface area contributed by atoms with Crippen LogP contribution in [0.1, 0.15) is 22.3 Å². The smallest absolute Gasteiger partial charge is 0.314 e. The first kappa shape index (κ1) is 18.4. The lowest BCUT2D eigenvalue weighted by Gasteiger charge is -2.02. The quantitative estimate of drug-likeness (QED) is 0.244. The molecular weight excluding hydrogens is 346 g/mol. The van der Waals surface area contributed by atoms with Gasteiger partial charge in [-0.1, -0.05) is 17.7 Å². The molecule has 0 bridgehead atoms. The van der Waals surface area contributed by atoms with Gasteiger partial charge in [0.05, 0.1) is 4.92 Å². The maximum absolute atomic E-state index is 11.9. The van der Waals surface area contributed by atoms with Crippen molar-refractivity contribution in [1.29, 1.82) is 0 Å². The molecule has 0 radical (unpaired) electrons. The van der Waals surface area contributed by atoms with E-state index in [1.54, 1.807) is 48.6 Å². The van der Waals surface area contributed by atoms with Gasteiger partial charge in [-0.3, -0.25) is 19.7 Å². The number of rotatable bonds is 7. The molecule has 0 amide bonds. The van der Waals surface area contributed by atoms with E-state index in [4.69, 9.17) is 16.3 Å². The van der Waals surface area contributed by atoms with Crippen LogP contribution in [0.15, 0.2) is 54.6 Å². The number of ether oxygens (including phenoxy) is 1. The van der Waals surface area contributed by atoms with E-state index in [1.807, 2.05) is 0 Å². The molecule has 2 rings (SSSR count). The van der Waals surface area contributed by atoms with Gasteiger partial charge < -0.3 is 4.74 Å². The Morgan fingerprint density at radius 1 is 1.08 bits per heavy atom. The number of halogens is 1. The highest BCUT2D eigenvalue weighted by atomic mass is 35.5. The zero-order chi connectivity index (χ0) is 18.2. The van der Waals surface area contributed by atoms with Crippen LogP contribution in [0.2, 0.25) is 5.02 Å². The Morgan fingerprint density at radius 3 is 2.32 bits per heavy atom. The molecule has 0 saturated carbocycles. The summed E-state index contributed by atoms with van der Waals surface area (Å²) in [6.45, 7) is 0.00369. The molecule has 0 fully saturated rings. The number of ketones is 1. The Labute approximate surface area is 148 Å². The number of carbonyl (C=O) groups excluding carboxylic acids is 2. The van der Waals surface area contributed by atoms with Crippen LogP contribution >= 0.6 is 11.6 Å². The fraction of sp³-hybridized carbons (Fsp3) is 0.111. The fourth-order valence-corrected chi connectivity index (χ4v) is 2.08. The first-order valence-corrected chi connectivity index (χ1v) is 7.69. The topological polar surface area (TPSA) is 86.5 Å². The number of nitro groups is 1. The molecule has 0 spiro atoms. The number of benzene rings is 2. The molecule has 0 aromatic heterocycles. The third kappa shape index (κ3) is 5.86. The number of Topliss-reactive ketones (excluding diaryl/α,β-unsaturated/α-hetero) is 1. The lowest BCUT2D eigenvalue weighted by molar-refractivity contribution is -0.384. The number of non-ortho nitro benzene ring substituents is 1. The second-order valence-electron chi connectivity index (χ2n) is 5.04. The predicted molar refractivity (Wildman–Crippen MR) is 93.5 cm³/mol. The van der Waals surface area contributed by atoms with Gasteiger partial charge in [0.1, 0.15) is 13.0 Å². The molecule has 0 atom stereocenters. The number of nitrogens with zero attached hydrogens (tertiary/aromatic N) is 1. The molecule has 0 aliphatic heterocycles. The molecule has 6 nitrogen and oxygen atoms in total. The molecule has 2 aromatic carbocycles. The van der Waals surface area contributed by atoms with E-state index < -0.39 is 10.9 Å². The minimum absolute atomic E-state index is 0.00369. The van der Waals surface area contributed by atoms with E-state index in [9.17, 15) is 19.7 Å². The summed E-state index contributed by atoms with van der Waals surface area (Å²) >= 11 is 5.74. The number of carbonyl (C=O) groups is 2. The first-order chi connectivity index (χ1) is 12.0. The molecule has 0 aliphatic rings. The molecule has 0 heterocycles.